The zero-order valence-corrected chi connectivity index (χ0v) is 18.7. The number of benzene rings is 1. The third kappa shape index (κ3) is 11.3. The molecule has 0 saturated carbocycles. The van der Waals surface area contributed by atoms with Gasteiger partial charge in [-0.1, -0.05) is 30.3 Å². The maximum atomic E-state index is 12.4. The summed E-state index contributed by atoms with van der Waals surface area (Å²) in [6.07, 6.45) is -0.284. The van der Waals surface area contributed by atoms with Crippen LogP contribution in [0, 0.1) is 0 Å². The van der Waals surface area contributed by atoms with Crippen LogP contribution < -0.4 is 21.6 Å². The van der Waals surface area contributed by atoms with Crippen LogP contribution in [0.15, 0.2) is 30.3 Å². The maximum Gasteiger partial charge on any atom is 0.426 e. The SMILES string of the molecule is CN(C)C(=O)CCN(NC(=O)OC(C)(C)C)C(=O)NNC(=O)NCCc1ccccc1. The summed E-state index contributed by atoms with van der Waals surface area (Å²) in [5.41, 5.74) is 6.94. The lowest BCUT2D eigenvalue weighted by Gasteiger charge is -2.26. The Labute approximate surface area is 182 Å². The van der Waals surface area contributed by atoms with Crippen molar-refractivity contribution < 1.29 is 23.9 Å². The molecule has 0 radical (unpaired) electrons. The molecule has 0 aliphatic carbocycles. The van der Waals surface area contributed by atoms with Gasteiger partial charge in [0.05, 0.1) is 6.54 Å². The fourth-order valence-corrected chi connectivity index (χ4v) is 2.24. The van der Waals surface area contributed by atoms with Crippen LogP contribution in [0.4, 0.5) is 14.4 Å². The van der Waals surface area contributed by atoms with Crippen LogP contribution in [0.25, 0.3) is 0 Å². The first-order valence-electron chi connectivity index (χ1n) is 9.83. The molecule has 1 aromatic carbocycles. The van der Waals surface area contributed by atoms with Gasteiger partial charge in [0, 0.05) is 27.1 Å². The van der Waals surface area contributed by atoms with Gasteiger partial charge in [-0.15, -0.1) is 0 Å². The van der Waals surface area contributed by atoms with Crippen molar-refractivity contribution in [3.05, 3.63) is 35.9 Å². The van der Waals surface area contributed by atoms with E-state index in [1.54, 1.807) is 34.9 Å². The van der Waals surface area contributed by atoms with Gasteiger partial charge in [-0.3, -0.25) is 4.79 Å². The van der Waals surface area contributed by atoms with E-state index < -0.39 is 23.8 Å². The smallest absolute Gasteiger partial charge is 0.426 e. The highest BCUT2D eigenvalue weighted by Crippen LogP contribution is 2.07. The molecule has 1 aromatic rings. The molecule has 0 spiro atoms. The third-order valence-electron chi connectivity index (χ3n) is 3.74. The molecule has 31 heavy (non-hydrogen) atoms. The highest BCUT2D eigenvalue weighted by Gasteiger charge is 2.22. The Hall–Kier alpha value is -3.50. The summed E-state index contributed by atoms with van der Waals surface area (Å²) in [5.74, 6) is -0.240. The zero-order valence-electron chi connectivity index (χ0n) is 18.7. The van der Waals surface area contributed by atoms with Crippen molar-refractivity contribution in [2.24, 2.45) is 0 Å². The predicted molar refractivity (Wildman–Crippen MR) is 115 cm³/mol. The molecule has 0 aliphatic heterocycles. The largest absolute Gasteiger partial charge is 0.443 e. The normalized spacial score (nSPS) is 10.5. The van der Waals surface area contributed by atoms with Crippen LogP contribution in [0.3, 0.4) is 0 Å². The van der Waals surface area contributed by atoms with Crippen LogP contribution >= 0.6 is 0 Å². The molecular formula is C20H32N6O5. The first-order valence-corrected chi connectivity index (χ1v) is 9.83. The second-order valence-electron chi connectivity index (χ2n) is 7.85. The van der Waals surface area contributed by atoms with E-state index in [1.807, 2.05) is 30.3 Å². The van der Waals surface area contributed by atoms with Crippen LogP contribution in [0.2, 0.25) is 0 Å². The van der Waals surface area contributed by atoms with Crippen LogP contribution in [-0.2, 0) is 16.0 Å². The van der Waals surface area contributed by atoms with Gasteiger partial charge < -0.3 is 15.0 Å². The summed E-state index contributed by atoms with van der Waals surface area (Å²) < 4.78 is 5.13. The van der Waals surface area contributed by atoms with Gasteiger partial charge in [-0.2, -0.15) is 0 Å². The van der Waals surface area contributed by atoms with E-state index in [-0.39, 0.29) is 18.9 Å². The van der Waals surface area contributed by atoms with Crippen molar-refractivity contribution in [2.45, 2.75) is 39.2 Å². The minimum atomic E-state index is -0.868. The number of amides is 6. The lowest BCUT2D eigenvalue weighted by atomic mass is 10.1. The maximum absolute atomic E-state index is 12.4. The Kier molecular flexibility index (Phi) is 10.1. The summed E-state index contributed by atoms with van der Waals surface area (Å²) in [5, 5.41) is 3.47. The fourth-order valence-electron chi connectivity index (χ4n) is 2.24. The molecular weight excluding hydrogens is 404 g/mol. The van der Waals surface area contributed by atoms with Crippen molar-refractivity contribution >= 4 is 24.1 Å². The molecule has 1 rings (SSSR count). The fraction of sp³-hybridized carbons (Fsp3) is 0.500. The van der Waals surface area contributed by atoms with E-state index in [0.29, 0.717) is 13.0 Å². The first kappa shape index (κ1) is 25.5. The van der Waals surface area contributed by atoms with Crippen LogP contribution in [0.5, 0.6) is 0 Å². The minimum Gasteiger partial charge on any atom is -0.443 e. The third-order valence-corrected chi connectivity index (χ3v) is 3.74. The molecule has 6 amide bonds. The second kappa shape index (κ2) is 12.3. The van der Waals surface area contributed by atoms with Crippen molar-refractivity contribution in [3.8, 4) is 0 Å². The van der Waals surface area contributed by atoms with Gasteiger partial charge in [-0.05, 0) is 32.8 Å². The van der Waals surface area contributed by atoms with Crippen molar-refractivity contribution in [1.82, 2.24) is 31.5 Å². The highest BCUT2D eigenvalue weighted by atomic mass is 16.6. The number of rotatable bonds is 6. The highest BCUT2D eigenvalue weighted by molar-refractivity contribution is 5.82. The van der Waals surface area contributed by atoms with E-state index in [0.717, 1.165) is 10.6 Å². The van der Waals surface area contributed by atoms with Crippen molar-refractivity contribution in [1.29, 1.82) is 0 Å². The lowest BCUT2D eigenvalue weighted by Crippen LogP contribution is -2.57. The molecule has 0 unspecified atom stereocenters. The van der Waals surface area contributed by atoms with Gasteiger partial charge in [-0.25, -0.2) is 35.7 Å². The molecule has 172 valence electrons. The van der Waals surface area contributed by atoms with E-state index in [9.17, 15) is 19.2 Å². The Morgan fingerprint density at radius 3 is 2.23 bits per heavy atom. The number of ether oxygens (including phenoxy) is 1. The van der Waals surface area contributed by atoms with Gasteiger partial charge in [0.25, 0.3) is 0 Å². The molecule has 0 bridgehead atoms. The number of carbonyl (C=O) groups is 4. The summed E-state index contributed by atoms with van der Waals surface area (Å²) in [4.78, 5) is 49.5. The Morgan fingerprint density at radius 1 is 1.00 bits per heavy atom. The average molecular weight is 437 g/mol. The van der Waals surface area contributed by atoms with E-state index in [2.05, 4.69) is 21.6 Å². The van der Waals surface area contributed by atoms with Gasteiger partial charge in [0.2, 0.25) is 5.91 Å². The zero-order chi connectivity index (χ0) is 23.4. The quantitative estimate of drug-likeness (QED) is 0.500. The molecule has 0 aromatic heterocycles. The summed E-state index contributed by atoms with van der Waals surface area (Å²) >= 11 is 0. The molecule has 11 nitrogen and oxygen atoms in total. The summed E-state index contributed by atoms with van der Waals surface area (Å²) in [6.45, 7) is 5.26. The average Bonchev–Trinajstić information content (AvgIpc) is 2.68. The molecule has 4 N–H and O–H groups in total. The summed E-state index contributed by atoms with van der Waals surface area (Å²) in [7, 11) is 3.16. The number of nitrogens with one attached hydrogen (secondary N) is 4. The van der Waals surface area contributed by atoms with Crippen LogP contribution in [0.1, 0.15) is 32.8 Å². The first-order chi connectivity index (χ1) is 14.5. The molecule has 0 fully saturated rings. The number of hydrogen-bond acceptors (Lipinski definition) is 5. The minimum absolute atomic E-state index is 0.0422. The standard InChI is InChI=1S/C20H32N6O5/c1-20(2,3)31-19(30)24-26(14-12-16(27)25(4)5)18(29)23-22-17(28)21-13-11-15-9-7-6-8-10-15/h6-10H,11-14H2,1-5H3,(H,23,29)(H,24,30)(H2,21,22,28). The van der Waals surface area contributed by atoms with Crippen molar-refractivity contribution in [3.63, 3.8) is 0 Å². The predicted octanol–water partition coefficient (Wildman–Crippen LogP) is 1.37. The summed E-state index contributed by atoms with van der Waals surface area (Å²) in [6, 6.07) is 8.14. The number of hydrazine groups is 2. The number of hydrogen-bond donors (Lipinski definition) is 4. The Balaban J connectivity index is 2.54. The number of nitrogens with zero attached hydrogens (tertiary/aromatic N) is 2. The Bertz CT molecular complexity index is 748. The topological polar surface area (TPSA) is 132 Å². The van der Waals surface area contributed by atoms with Gasteiger partial charge >= 0.3 is 18.2 Å². The molecule has 0 atom stereocenters. The molecule has 0 heterocycles. The van der Waals surface area contributed by atoms with E-state index >= 15 is 0 Å². The van der Waals surface area contributed by atoms with E-state index in [1.165, 1.54) is 4.90 Å². The van der Waals surface area contributed by atoms with Gasteiger partial charge in [0.1, 0.15) is 5.60 Å². The monoisotopic (exact) mass is 436 g/mol. The van der Waals surface area contributed by atoms with E-state index in [4.69, 9.17) is 4.74 Å². The number of urea groups is 2. The lowest BCUT2D eigenvalue weighted by molar-refractivity contribution is -0.129. The molecule has 0 aliphatic rings. The van der Waals surface area contributed by atoms with Crippen molar-refractivity contribution in [2.75, 3.05) is 27.2 Å². The molecule has 0 saturated heterocycles. The second-order valence-corrected chi connectivity index (χ2v) is 7.85. The molecule has 11 heteroatoms. The Morgan fingerprint density at radius 2 is 1.65 bits per heavy atom. The number of carbonyl (C=O) groups excluding carboxylic acids is 4. The van der Waals surface area contributed by atoms with Gasteiger partial charge in [0.15, 0.2) is 0 Å². The van der Waals surface area contributed by atoms with Crippen LogP contribution in [-0.4, -0.2) is 66.8 Å².